The van der Waals surface area contributed by atoms with Crippen molar-refractivity contribution in [3.05, 3.63) is 193 Å². The van der Waals surface area contributed by atoms with Gasteiger partial charge in [-0.3, -0.25) is 33.9 Å². The Labute approximate surface area is 816 Å². The van der Waals surface area contributed by atoms with Crippen LogP contribution in [0.15, 0.2) is 171 Å². The first-order valence-corrected chi connectivity index (χ1v) is 45.4. The number of hydrogen-bond acceptors (Lipinski definition) is 30. The van der Waals surface area contributed by atoms with Crippen LogP contribution in [-0.4, -0.2) is 257 Å². The van der Waals surface area contributed by atoms with E-state index in [1.165, 1.54) is 26.6 Å². The molecule has 14 heterocycles. The highest BCUT2D eigenvalue weighted by Crippen LogP contribution is 2.34. The SMILES string of the molecule is CC(C)(C)OC(=O)N1CCC(N(C(=O)C(=O)O)c2ccc3cnc(Nc4ccc(-n5cccn5)cc4F)cc3n2)CC1.CC(C)(C)OC(=O)N1CCC(Nc2ccc3cnc(Cl)cc3n2)CC1.COC(=O)C(=O)Cl.COC(=O)C(=O)N(c1ccc2cnc(Cl)cc2n1)C1CCN(C(=O)OC(C)(C)C)CC1.O=C(O)C(=O)N(c1ccc2cnc(Nc3ccc(-n4cccn4)cc3F)cc2n1)C1CCNCC1. The fraction of sp³-hybridized carbons (Fsp3) is 0.358. The molecule has 0 aliphatic carbocycles. The van der Waals surface area contributed by atoms with E-state index >= 15 is 0 Å². The maximum atomic E-state index is 14.9. The van der Waals surface area contributed by atoms with Crippen molar-refractivity contribution in [3.63, 3.8) is 0 Å². The van der Waals surface area contributed by atoms with Crippen LogP contribution >= 0.6 is 34.8 Å². The smallest absolute Gasteiger partial charge is 0.410 e. The van der Waals surface area contributed by atoms with E-state index in [0.717, 1.165) is 54.1 Å². The normalized spacial score (nSPS) is 14.3. The van der Waals surface area contributed by atoms with Crippen molar-refractivity contribution in [3.8, 4) is 11.4 Å². The molecule has 0 unspecified atom stereocenters. The zero-order chi connectivity index (χ0) is 101. The Morgan fingerprint density at radius 3 is 1.12 bits per heavy atom. The van der Waals surface area contributed by atoms with Crippen molar-refractivity contribution < 1.29 is 95.4 Å². The molecule has 0 spiro atoms. The number of pyridine rings is 8. The number of hydrogen-bond donors (Lipinski definition) is 6. The molecule has 0 saturated carbocycles. The number of ether oxygens (including phenoxy) is 5. The average molecular weight is 1990 g/mol. The molecule has 4 fully saturated rings. The third kappa shape index (κ3) is 28.4. The summed E-state index contributed by atoms with van der Waals surface area (Å²) in [7, 11) is 2.24. The van der Waals surface area contributed by atoms with E-state index in [-0.39, 0.29) is 52.4 Å². The van der Waals surface area contributed by atoms with Gasteiger partial charge in [0.05, 0.1) is 59.0 Å². The van der Waals surface area contributed by atoms with Gasteiger partial charge in [0.25, 0.3) is 0 Å². The van der Waals surface area contributed by atoms with Crippen LogP contribution in [0.3, 0.4) is 0 Å². The molecule has 4 aliphatic heterocycles. The van der Waals surface area contributed by atoms with Crippen molar-refractivity contribution in [2.45, 2.75) is 155 Å². The third-order valence-electron chi connectivity index (χ3n) is 21.8. The van der Waals surface area contributed by atoms with Gasteiger partial charge in [0.1, 0.15) is 73.7 Å². The lowest BCUT2D eigenvalue weighted by molar-refractivity contribution is -0.151. The van der Waals surface area contributed by atoms with Crippen LogP contribution in [0.2, 0.25) is 10.3 Å². The molecule has 40 nitrogen and oxygen atoms in total. The number of aromatic nitrogens is 12. The van der Waals surface area contributed by atoms with Gasteiger partial charge in [-0.2, -0.15) is 10.2 Å². The number of esters is 2. The van der Waals surface area contributed by atoms with Crippen molar-refractivity contribution in [1.82, 2.24) is 79.4 Å². The number of halogens is 5. The van der Waals surface area contributed by atoms with Crippen LogP contribution in [0.1, 0.15) is 114 Å². The summed E-state index contributed by atoms with van der Waals surface area (Å²) in [6.45, 7) is 20.5. The molecule has 0 bridgehead atoms. The predicted molar refractivity (Wildman–Crippen MR) is 516 cm³/mol. The molecule has 4 saturated heterocycles. The lowest BCUT2D eigenvalue weighted by atomic mass is 10.0. The van der Waals surface area contributed by atoms with Crippen LogP contribution in [0.25, 0.3) is 55.0 Å². The number of carboxylic acids is 2. The maximum Gasteiger partial charge on any atom is 0.410 e. The van der Waals surface area contributed by atoms with Gasteiger partial charge in [0.2, 0.25) is 0 Å². The van der Waals surface area contributed by atoms with E-state index in [1.807, 2.05) is 53.7 Å². The predicted octanol–water partition coefficient (Wildman–Crippen LogP) is 14.6. The molecule has 12 aromatic rings. The Bertz CT molecular complexity index is 6520. The van der Waals surface area contributed by atoms with Gasteiger partial charge in [-0.15, -0.1) is 0 Å². The largest absolute Gasteiger partial charge is 0.474 e. The number of carbonyl (C=O) groups is 11. The third-order valence-corrected chi connectivity index (χ3v) is 22.3. The topological polar surface area (TPSA) is 481 Å². The molecule has 10 aromatic heterocycles. The number of amides is 6. The number of carbonyl (C=O) groups excluding carboxylic acids is 9. The van der Waals surface area contributed by atoms with Gasteiger partial charge >= 0.3 is 65.1 Å². The number of anilines is 8. The van der Waals surface area contributed by atoms with E-state index in [2.05, 4.69) is 92.4 Å². The molecule has 140 heavy (non-hydrogen) atoms. The Morgan fingerprint density at radius 1 is 0.429 bits per heavy atom. The maximum absolute atomic E-state index is 14.9. The Morgan fingerprint density at radius 2 is 0.779 bits per heavy atom. The highest BCUT2D eigenvalue weighted by Gasteiger charge is 2.40. The molecule has 6 amide bonds. The van der Waals surface area contributed by atoms with Crippen LogP contribution in [-0.2, 0) is 62.0 Å². The highest BCUT2D eigenvalue weighted by atomic mass is 35.5. The zero-order valence-electron chi connectivity index (χ0n) is 78.2. The van der Waals surface area contributed by atoms with Crippen LogP contribution in [0.4, 0.5) is 69.4 Å². The molecule has 6 N–H and O–H groups in total. The molecule has 0 radical (unpaired) electrons. The summed E-state index contributed by atoms with van der Waals surface area (Å²) in [5.74, 6) is -6.92. The minimum atomic E-state index is -1.61. The highest BCUT2D eigenvalue weighted by molar-refractivity contribution is 6.80. The quantitative estimate of drug-likeness (QED) is 0.0182. The van der Waals surface area contributed by atoms with E-state index in [1.54, 1.807) is 187 Å². The molecule has 45 heteroatoms. The molecular formula is C95H103Cl3F2N22O18. The Hall–Kier alpha value is -15.0. The standard InChI is InChI=1S/C29H30FN7O5.C24H22FN7O3.C21H25ClN4O5.C18H23ClN4O2.C3H3ClO3/c1-29(2,3)42-28(41)35-13-9-19(10-14-35)37(26(38)27(39)40)25-8-5-18-17-31-24(16-23(18)34-25)33-22-7-6-20(15-21(22)30)36-12-4-11-32-36;25-18-12-17(31-11-1-8-28-31)3-4-19(18)29-21-13-20-15(14-27-21)2-5-22(30-20)32(23(33)24(34)35)16-6-9-26-10-7-16;1-21(2,3)31-20(29)25-9-7-14(8-10-25)26(18(27)19(28)30-4)17-6-5-13-12-23-16(22)11-15(13)24-17;1-18(2,3)25-17(24)23-8-6-13(7-9-23)21-16-5-4-12-11-20-15(19)10-14(12)22-16;1-7-3(6)2(4)5/h4-8,11-12,15-17,19H,9-10,13-14H2,1-3H3,(H,31,33)(H,39,40);1-5,8,11-14,16,26H,6-7,9-10H2,(H,27,29)(H,34,35);5-6,11-12,14H,7-10H2,1-4H3;4-5,10-11,13H,6-9H2,1-3H3,(H,21,22);1H3. The fourth-order valence-electron chi connectivity index (χ4n) is 15.1. The van der Waals surface area contributed by atoms with Gasteiger partial charge in [-0.05, 0) is 223 Å². The summed E-state index contributed by atoms with van der Waals surface area (Å²) in [4.78, 5) is 174. The fourth-order valence-corrected chi connectivity index (χ4v) is 15.5. The average Bonchev–Trinajstić information content (AvgIpc) is 1.04. The number of rotatable bonds is 15. The number of likely N-dealkylation sites (tertiary alicyclic amines) is 3. The number of piperidine rings is 4. The minimum Gasteiger partial charge on any atom is -0.474 e. The minimum absolute atomic E-state index is 0.150. The first-order valence-electron chi connectivity index (χ1n) is 44.3. The summed E-state index contributed by atoms with van der Waals surface area (Å²) in [5, 5.41) is 42.3. The summed E-state index contributed by atoms with van der Waals surface area (Å²) >= 11 is 16.5. The first kappa shape index (κ1) is 104. The van der Waals surface area contributed by atoms with E-state index < -0.39 is 93.5 Å². The summed E-state index contributed by atoms with van der Waals surface area (Å²) in [6.07, 6.45) is 16.5. The number of benzene rings is 2. The van der Waals surface area contributed by atoms with E-state index in [9.17, 15) is 71.7 Å². The summed E-state index contributed by atoms with van der Waals surface area (Å²) in [5.41, 5.74) is 2.13. The second kappa shape index (κ2) is 46.4. The van der Waals surface area contributed by atoms with E-state index in [0.29, 0.717) is 152 Å². The number of nitrogens with one attached hydrogen (secondary N) is 4. The van der Waals surface area contributed by atoms with Gasteiger partial charge in [0.15, 0.2) is 0 Å². The molecule has 4 aliphatic rings. The van der Waals surface area contributed by atoms with Gasteiger partial charge in [0, 0.05) is 171 Å². The Kier molecular flexibility index (Phi) is 34.4. The van der Waals surface area contributed by atoms with Crippen molar-refractivity contribution >= 4 is 190 Å². The lowest BCUT2D eigenvalue weighted by Crippen LogP contribution is -2.51. The van der Waals surface area contributed by atoms with Crippen LogP contribution in [0, 0.1) is 11.6 Å². The van der Waals surface area contributed by atoms with Gasteiger partial charge in [-0.25, -0.2) is 91.6 Å². The van der Waals surface area contributed by atoms with Crippen molar-refractivity contribution in [2.75, 3.05) is 97.2 Å². The van der Waals surface area contributed by atoms with Crippen LogP contribution < -0.4 is 36.0 Å². The van der Waals surface area contributed by atoms with Crippen LogP contribution in [0.5, 0.6) is 0 Å². The molecule has 2 aromatic carbocycles. The van der Waals surface area contributed by atoms with Crippen molar-refractivity contribution in [2.24, 2.45) is 0 Å². The van der Waals surface area contributed by atoms with Gasteiger partial charge in [-0.1, -0.05) is 23.2 Å². The van der Waals surface area contributed by atoms with Crippen molar-refractivity contribution in [1.29, 1.82) is 0 Å². The molecule has 736 valence electrons. The Balaban J connectivity index is 0.000000165. The number of carboxylic acid groups (broad SMARTS) is 2. The second-order valence-electron chi connectivity index (χ2n) is 35.3. The summed E-state index contributed by atoms with van der Waals surface area (Å²) < 4.78 is 57.5. The number of aliphatic carboxylic acids is 2. The first-order chi connectivity index (χ1) is 66.5. The summed E-state index contributed by atoms with van der Waals surface area (Å²) in [6, 6.07) is 32.5. The second-order valence-corrected chi connectivity index (χ2v) is 36.4. The number of nitrogens with zero attached hydrogens (tertiary/aromatic N) is 18. The lowest BCUT2D eigenvalue weighted by Gasteiger charge is -2.37. The van der Waals surface area contributed by atoms with E-state index in [4.69, 9.17) is 37.4 Å². The monoisotopic (exact) mass is 1980 g/mol. The molecule has 0 atom stereocenters. The van der Waals surface area contributed by atoms with Gasteiger partial charge < -0.3 is 69.9 Å². The number of fused-ring (bicyclic) bond motifs is 4. The molecule has 16 rings (SSSR count). The number of methoxy groups -OCH3 is 2. The molecular weight excluding hydrogens is 1880 g/mol. The zero-order valence-corrected chi connectivity index (χ0v) is 80.4.